The zero-order chi connectivity index (χ0) is 13.9. The third-order valence-electron chi connectivity index (χ3n) is 2.68. The number of hydrogen-bond acceptors (Lipinski definition) is 6. The SMILES string of the molecule is CCNc1nc2nc(Cl)nc(NCc3ccco3)c2[nH]1. The van der Waals surface area contributed by atoms with Crippen LogP contribution in [0.3, 0.4) is 0 Å². The highest BCUT2D eigenvalue weighted by Gasteiger charge is 2.12. The molecule has 0 unspecified atom stereocenters. The second-order valence-electron chi connectivity index (χ2n) is 4.09. The molecular formula is C12H13ClN6O. The van der Waals surface area contributed by atoms with Crippen LogP contribution in [-0.2, 0) is 6.54 Å². The molecule has 3 rings (SSSR count). The summed E-state index contributed by atoms with van der Waals surface area (Å²) in [6, 6.07) is 3.71. The van der Waals surface area contributed by atoms with Crippen LogP contribution < -0.4 is 10.6 Å². The van der Waals surface area contributed by atoms with E-state index >= 15 is 0 Å². The van der Waals surface area contributed by atoms with Gasteiger partial charge in [0, 0.05) is 6.54 Å². The average Bonchev–Trinajstić information content (AvgIpc) is 3.05. The number of imidazole rings is 1. The molecule has 0 fully saturated rings. The molecule has 8 heteroatoms. The molecule has 0 aliphatic carbocycles. The number of H-pyrrole nitrogens is 1. The zero-order valence-electron chi connectivity index (χ0n) is 10.8. The van der Waals surface area contributed by atoms with Crippen LogP contribution in [-0.4, -0.2) is 26.5 Å². The van der Waals surface area contributed by atoms with Gasteiger partial charge in [-0.1, -0.05) is 0 Å². The van der Waals surface area contributed by atoms with Crippen molar-refractivity contribution in [2.24, 2.45) is 0 Å². The number of anilines is 2. The molecule has 0 radical (unpaired) electrons. The molecule has 0 spiro atoms. The predicted molar refractivity (Wildman–Crippen MR) is 76.9 cm³/mol. The van der Waals surface area contributed by atoms with Crippen molar-refractivity contribution in [1.29, 1.82) is 0 Å². The Labute approximate surface area is 119 Å². The molecule has 7 nitrogen and oxygen atoms in total. The molecule has 0 saturated heterocycles. The van der Waals surface area contributed by atoms with E-state index in [2.05, 4.69) is 30.6 Å². The molecule has 0 amide bonds. The summed E-state index contributed by atoms with van der Waals surface area (Å²) in [6.45, 7) is 3.25. The Morgan fingerprint density at radius 2 is 2.20 bits per heavy atom. The van der Waals surface area contributed by atoms with Crippen LogP contribution in [0, 0.1) is 0 Å². The number of aromatic nitrogens is 4. The standard InChI is InChI=1S/C12H13ClN6O/c1-2-14-12-16-8-9(15-6-7-4-3-5-20-7)17-11(13)18-10(8)19-12/h3-5H,2,6H2,1H3,(H3,14,15,16,17,18,19). The topological polar surface area (TPSA) is 91.7 Å². The summed E-state index contributed by atoms with van der Waals surface area (Å²) in [4.78, 5) is 15.7. The molecule has 0 aromatic carbocycles. The van der Waals surface area contributed by atoms with Crippen molar-refractivity contribution in [3.63, 3.8) is 0 Å². The fourth-order valence-electron chi connectivity index (χ4n) is 1.83. The Morgan fingerprint density at radius 1 is 1.30 bits per heavy atom. The summed E-state index contributed by atoms with van der Waals surface area (Å²) in [7, 11) is 0. The van der Waals surface area contributed by atoms with Gasteiger partial charge in [0.2, 0.25) is 11.2 Å². The molecule has 3 N–H and O–H groups in total. The summed E-state index contributed by atoms with van der Waals surface area (Å²) in [5, 5.41) is 6.39. The van der Waals surface area contributed by atoms with Crippen LogP contribution in [0.15, 0.2) is 22.8 Å². The number of fused-ring (bicyclic) bond motifs is 1. The van der Waals surface area contributed by atoms with E-state index in [1.807, 2.05) is 19.1 Å². The second-order valence-corrected chi connectivity index (χ2v) is 4.43. The van der Waals surface area contributed by atoms with Crippen LogP contribution in [0.5, 0.6) is 0 Å². The second kappa shape index (κ2) is 5.38. The van der Waals surface area contributed by atoms with E-state index in [0.29, 0.717) is 29.5 Å². The van der Waals surface area contributed by atoms with E-state index < -0.39 is 0 Å². The molecule has 104 valence electrons. The lowest BCUT2D eigenvalue weighted by atomic mass is 10.4. The van der Waals surface area contributed by atoms with E-state index in [1.165, 1.54) is 0 Å². The number of halogens is 1. The van der Waals surface area contributed by atoms with Crippen molar-refractivity contribution in [2.45, 2.75) is 13.5 Å². The van der Waals surface area contributed by atoms with Crippen LogP contribution >= 0.6 is 11.6 Å². The lowest BCUT2D eigenvalue weighted by Crippen LogP contribution is -2.02. The number of nitrogens with one attached hydrogen (secondary N) is 3. The van der Waals surface area contributed by atoms with Gasteiger partial charge in [0.1, 0.15) is 11.3 Å². The maximum Gasteiger partial charge on any atom is 0.226 e. The lowest BCUT2D eigenvalue weighted by molar-refractivity contribution is 0.518. The zero-order valence-corrected chi connectivity index (χ0v) is 11.5. The van der Waals surface area contributed by atoms with Gasteiger partial charge in [0.25, 0.3) is 0 Å². The smallest absolute Gasteiger partial charge is 0.226 e. The van der Waals surface area contributed by atoms with Gasteiger partial charge in [-0.3, -0.25) is 0 Å². The Bertz CT molecular complexity index is 708. The Balaban J connectivity index is 1.91. The minimum absolute atomic E-state index is 0.147. The normalized spacial score (nSPS) is 10.9. The number of aromatic amines is 1. The fraction of sp³-hybridized carbons (Fsp3) is 0.250. The number of furan rings is 1. The van der Waals surface area contributed by atoms with Gasteiger partial charge in [0.05, 0.1) is 12.8 Å². The average molecular weight is 293 g/mol. The molecule has 0 aliphatic heterocycles. The van der Waals surface area contributed by atoms with Crippen LogP contribution in [0.4, 0.5) is 11.8 Å². The largest absolute Gasteiger partial charge is 0.467 e. The first-order valence-electron chi connectivity index (χ1n) is 6.19. The minimum Gasteiger partial charge on any atom is -0.467 e. The van der Waals surface area contributed by atoms with Crippen LogP contribution in [0.25, 0.3) is 11.2 Å². The van der Waals surface area contributed by atoms with Gasteiger partial charge in [-0.2, -0.15) is 15.0 Å². The van der Waals surface area contributed by atoms with Gasteiger partial charge in [-0.25, -0.2) is 0 Å². The minimum atomic E-state index is 0.147. The monoisotopic (exact) mass is 292 g/mol. The molecule has 3 heterocycles. The quantitative estimate of drug-likeness (QED) is 0.626. The summed E-state index contributed by atoms with van der Waals surface area (Å²) >= 11 is 5.91. The maximum absolute atomic E-state index is 5.91. The van der Waals surface area contributed by atoms with Gasteiger partial charge in [-0.15, -0.1) is 0 Å². The van der Waals surface area contributed by atoms with E-state index in [1.54, 1.807) is 6.26 Å². The van der Waals surface area contributed by atoms with Gasteiger partial charge >= 0.3 is 0 Å². The first-order chi connectivity index (χ1) is 9.76. The Kier molecular flexibility index (Phi) is 3.42. The molecule has 3 aromatic rings. The van der Waals surface area contributed by atoms with Crippen molar-refractivity contribution in [3.8, 4) is 0 Å². The Hall–Kier alpha value is -2.28. The third kappa shape index (κ3) is 2.53. The molecule has 0 atom stereocenters. The first kappa shape index (κ1) is 12.7. The molecule has 0 bridgehead atoms. The summed E-state index contributed by atoms with van der Waals surface area (Å²) < 4.78 is 5.26. The van der Waals surface area contributed by atoms with Crippen molar-refractivity contribution in [3.05, 3.63) is 29.4 Å². The van der Waals surface area contributed by atoms with Gasteiger partial charge in [-0.05, 0) is 30.7 Å². The van der Waals surface area contributed by atoms with Gasteiger partial charge < -0.3 is 20.0 Å². The first-order valence-corrected chi connectivity index (χ1v) is 6.57. The van der Waals surface area contributed by atoms with Crippen molar-refractivity contribution >= 4 is 34.5 Å². The van der Waals surface area contributed by atoms with E-state index in [9.17, 15) is 0 Å². The van der Waals surface area contributed by atoms with E-state index in [-0.39, 0.29) is 5.28 Å². The highest BCUT2D eigenvalue weighted by molar-refractivity contribution is 6.28. The van der Waals surface area contributed by atoms with Crippen molar-refractivity contribution in [1.82, 2.24) is 19.9 Å². The van der Waals surface area contributed by atoms with E-state index in [4.69, 9.17) is 16.0 Å². The van der Waals surface area contributed by atoms with Crippen LogP contribution in [0.2, 0.25) is 5.28 Å². The number of rotatable bonds is 5. The van der Waals surface area contributed by atoms with E-state index in [0.717, 1.165) is 12.3 Å². The maximum atomic E-state index is 5.91. The van der Waals surface area contributed by atoms with Crippen molar-refractivity contribution in [2.75, 3.05) is 17.2 Å². The number of hydrogen-bond donors (Lipinski definition) is 3. The summed E-state index contributed by atoms with van der Waals surface area (Å²) in [5.41, 5.74) is 1.22. The third-order valence-corrected chi connectivity index (χ3v) is 2.85. The summed E-state index contributed by atoms with van der Waals surface area (Å²) in [6.07, 6.45) is 1.62. The molecule has 0 saturated carbocycles. The lowest BCUT2D eigenvalue weighted by Gasteiger charge is -2.04. The molecule has 0 aliphatic rings. The van der Waals surface area contributed by atoms with Gasteiger partial charge in [0.15, 0.2) is 11.5 Å². The van der Waals surface area contributed by atoms with Crippen LogP contribution in [0.1, 0.15) is 12.7 Å². The highest BCUT2D eigenvalue weighted by Crippen LogP contribution is 2.22. The summed E-state index contributed by atoms with van der Waals surface area (Å²) in [5.74, 6) is 2.03. The fourth-order valence-corrected chi connectivity index (χ4v) is 2.00. The predicted octanol–water partition coefficient (Wildman–Crippen LogP) is 2.64. The molecule has 3 aromatic heterocycles. The number of nitrogens with zero attached hydrogens (tertiary/aromatic N) is 3. The molecular weight excluding hydrogens is 280 g/mol. The molecule has 20 heavy (non-hydrogen) atoms. The Morgan fingerprint density at radius 3 is 2.95 bits per heavy atom. The highest BCUT2D eigenvalue weighted by atomic mass is 35.5. The van der Waals surface area contributed by atoms with Crippen molar-refractivity contribution < 1.29 is 4.42 Å².